The Labute approximate surface area is 204 Å². The first-order chi connectivity index (χ1) is 16.3. The second-order valence-corrected chi connectivity index (χ2v) is 15.6. The standard InChI is InChI=1S/C31H40P2/c1-2-32(27-18-6-3-7-19-27)31(26-16-12-13-17-26)25-15-14-24-30(31)33(28-20-8-4-9-21-28)29-22-10-5-11-23-29/h4-5,8-13,16,20-23,27,30H,2-3,6-7,14-15,17-19,24-25H2,1H3/t30-,31+,32?/m0/s1. The highest BCUT2D eigenvalue weighted by molar-refractivity contribution is 7.75. The van der Waals surface area contributed by atoms with Gasteiger partial charge in [-0.05, 0) is 62.5 Å². The van der Waals surface area contributed by atoms with Crippen LogP contribution in [0.2, 0.25) is 0 Å². The van der Waals surface area contributed by atoms with Crippen molar-refractivity contribution in [1.29, 1.82) is 0 Å². The summed E-state index contributed by atoms with van der Waals surface area (Å²) in [5.74, 6) is 0. The van der Waals surface area contributed by atoms with Crippen LogP contribution in [0.3, 0.4) is 0 Å². The lowest BCUT2D eigenvalue weighted by Gasteiger charge is -2.56. The van der Waals surface area contributed by atoms with Gasteiger partial charge in [0.05, 0.1) is 0 Å². The molecule has 0 radical (unpaired) electrons. The van der Waals surface area contributed by atoms with Crippen molar-refractivity contribution in [1.82, 2.24) is 0 Å². The molecule has 2 heteroatoms. The molecule has 3 atom stereocenters. The summed E-state index contributed by atoms with van der Waals surface area (Å²) in [6.45, 7) is 2.55. The van der Waals surface area contributed by atoms with Gasteiger partial charge in [-0.15, -0.1) is 0 Å². The maximum Gasteiger partial charge on any atom is 0.0195 e. The first kappa shape index (κ1) is 23.5. The van der Waals surface area contributed by atoms with E-state index < -0.39 is 0 Å². The van der Waals surface area contributed by atoms with Crippen molar-refractivity contribution in [2.45, 2.75) is 87.6 Å². The fraction of sp³-hybridized carbons (Fsp3) is 0.484. The van der Waals surface area contributed by atoms with E-state index in [-0.39, 0.29) is 15.8 Å². The second-order valence-electron chi connectivity index (χ2n) is 10.1. The van der Waals surface area contributed by atoms with Crippen LogP contribution in [0.15, 0.2) is 84.5 Å². The summed E-state index contributed by atoms with van der Waals surface area (Å²) in [6, 6.07) is 23.2. The van der Waals surface area contributed by atoms with Gasteiger partial charge in [0.25, 0.3) is 0 Å². The molecule has 0 heterocycles. The minimum atomic E-state index is -0.385. The number of benzene rings is 2. The molecule has 3 aliphatic rings. The minimum Gasteiger partial charge on any atom is -0.0925 e. The smallest absolute Gasteiger partial charge is 0.0195 e. The van der Waals surface area contributed by atoms with E-state index in [0.717, 1.165) is 11.3 Å². The van der Waals surface area contributed by atoms with Crippen LogP contribution in [0.4, 0.5) is 0 Å². The predicted octanol–water partition coefficient (Wildman–Crippen LogP) is 8.52. The van der Waals surface area contributed by atoms with Gasteiger partial charge in [0.15, 0.2) is 0 Å². The summed E-state index contributed by atoms with van der Waals surface area (Å²) in [5.41, 5.74) is 3.56. The zero-order valence-electron chi connectivity index (χ0n) is 20.3. The number of allylic oxidation sites excluding steroid dienone is 4. The highest BCUT2D eigenvalue weighted by Crippen LogP contribution is 2.70. The Morgan fingerprint density at radius 1 is 0.788 bits per heavy atom. The highest BCUT2D eigenvalue weighted by atomic mass is 31.1. The zero-order valence-corrected chi connectivity index (χ0v) is 22.1. The quantitative estimate of drug-likeness (QED) is 0.353. The Morgan fingerprint density at radius 2 is 1.42 bits per heavy atom. The lowest BCUT2D eigenvalue weighted by Crippen LogP contribution is -2.48. The molecule has 3 aliphatic carbocycles. The van der Waals surface area contributed by atoms with Crippen LogP contribution < -0.4 is 10.6 Å². The fourth-order valence-corrected chi connectivity index (χ4v) is 15.3. The fourth-order valence-electron chi connectivity index (χ4n) is 7.09. The van der Waals surface area contributed by atoms with Gasteiger partial charge < -0.3 is 0 Å². The normalized spacial score (nSPS) is 27.0. The van der Waals surface area contributed by atoms with Gasteiger partial charge in [-0.1, -0.05) is 131 Å². The van der Waals surface area contributed by atoms with Crippen LogP contribution >= 0.6 is 15.8 Å². The second kappa shape index (κ2) is 11.0. The molecule has 0 nitrogen and oxygen atoms in total. The molecule has 0 aliphatic heterocycles. The summed E-state index contributed by atoms with van der Waals surface area (Å²) in [5, 5.41) is 3.61. The SMILES string of the molecule is CCP(C1CCCCC1)[C@@]1(C2=CC=CC2)CCCC[C@@H]1P(c1ccccc1)c1ccccc1. The van der Waals surface area contributed by atoms with Crippen molar-refractivity contribution in [2.24, 2.45) is 0 Å². The van der Waals surface area contributed by atoms with E-state index in [9.17, 15) is 0 Å². The third kappa shape index (κ3) is 4.68. The lowest BCUT2D eigenvalue weighted by molar-refractivity contribution is 0.425. The van der Waals surface area contributed by atoms with Crippen LogP contribution in [-0.2, 0) is 0 Å². The van der Waals surface area contributed by atoms with Crippen LogP contribution in [0.1, 0.15) is 71.1 Å². The Morgan fingerprint density at radius 3 is 2.00 bits per heavy atom. The minimum absolute atomic E-state index is 0.0346. The Hall–Kier alpha value is -1.22. The van der Waals surface area contributed by atoms with E-state index in [2.05, 4.69) is 85.8 Å². The van der Waals surface area contributed by atoms with Crippen molar-refractivity contribution >= 4 is 26.5 Å². The number of hydrogen-bond acceptors (Lipinski definition) is 0. The van der Waals surface area contributed by atoms with Crippen molar-refractivity contribution in [3.8, 4) is 0 Å². The zero-order chi connectivity index (χ0) is 22.5. The molecule has 33 heavy (non-hydrogen) atoms. The molecule has 2 aromatic rings. The lowest BCUT2D eigenvalue weighted by atomic mass is 9.81. The maximum atomic E-state index is 2.57. The van der Waals surface area contributed by atoms with E-state index >= 15 is 0 Å². The molecule has 0 amide bonds. The molecule has 174 valence electrons. The van der Waals surface area contributed by atoms with Crippen LogP contribution in [0, 0.1) is 0 Å². The Bertz CT molecular complexity index is 902. The van der Waals surface area contributed by atoms with E-state index in [1.165, 1.54) is 70.4 Å². The van der Waals surface area contributed by atoms with Crippen LogP contribution in [0.25, 0.3) is 0 Å². The van der Waals surface area contributed by atoms with Gasteiger partial charge in [0, 0.05) is 10.8 Å². The monoisotopic (exact) mass is 474 g/mol. The van der Waals surface area contributed by atoms with Crippen molar-refractivity contribution < 1.29 is 0 Å². The summed E-state index contributed by atoms with van der Waals surface area (Å²) >= 11 is 0. The van der Waals surface area contributed by atoms with E-state index in [1.807, 2.05) is 5.57 Å². The third-order valence-corrected chi connectivity index (χ3v) is 15.6. The first-order valence-corrected chi connectivity index (χ1v) is 16.4. The molecule has 1 unspecified atom stereocenters. The van der Waals surface area contributed by atoms with Gasteiger partial charge in [0.1, 0.15) is 0 Å². The van der Waals surface area contributed by atoms with E-state index in [4.69, 9.17) is 0 Å². The Kier molecular flexibility index (Phi) is 7.85. The molecule has 2 saturated carbocycles. The molecule has 5 rings (SSSR count). The molecule has 0 bridgehead atoms. The largest absolute Gasteiger partial charge is 0.0925 e. The molecular weight excluding hydrogens is 434 g/mol. The van der Waals surface area contributed by atoms with Crippen molar-refractivity contribution in [3.05, 3.63) is 84.5 Å². The van der Waals surface area contributed by atoms with E-state index in [0.29, 0.717) is 5.16 Å². The summed E-state index contributed by atoms with van der Waals surface area (Å²) < 4.78 is 0. The summed E-state index contributed by atoms with van der Waals surface area (Å²) in [6.07, 6.45) is 23.0. The molecular formula is C31H40P2. The molecule has 2 fully saturated rings. The Balaban J connectivity index is 1.66. The van der Waals surface area contributed by atoms with Gasteiger partial charge in [-0.3, -0.25) is 0 Å². The van der Waals surface area contributed by atoms with Crippen molar-refractivity contribution in [3.63, 3.8) is 0 Å². The number of hydrogen-bond donors (Lipinski definition) is 0. The first-order valence-electron chi connectivity index (χ1n) is 13.4. The molecule has 2 aromatic carbocycles. The third-order valence-electron chi connectivity index (χ3n) is 8.41. The molecule has 0 aromatic heterocycles. The average molecular weight is 475 g/mol. The van der Waals surface area contributed by atoms with E-state index in [1.54, 1.807) is 10.6 Å². The molecule has 0 saturated heterocycles. The number of rotatable bonds is 7. The van der Waals surface area contributed by atoms with Gasteiger partial charge >= 0.3 is 0 Å². The average Bonchev–Trinajstić information content (AvgIpc) is 3.43. The topological polar surface area (TPSA) is 0 Å². The predicted molar refractivity (Wildman–Crippen MR) is 150 cm³/mol. The highest BCUT2D eigenvalue weighted by Gasteiger charge is 2.53. The molecule has 0 N–H and O–H groups in total. The maximum absolute atomic E-state index is 2.57. The van der Waals surface area contributed by atoms with Crippen molar-refractivity contribution in [2.75, 3.05) is 6.16 Å². The molecule has 0 spiro atoms. The summed E-state index contributed by atoms with van der Waals surface area (Å²) in [7, 11) is -0.419. The van der Waals surface area contributed by atoms with Gasteiger partial charge in [-0.25, -0.2) is 0 Å². The van der Waals surface area contributed by atoms with Crippen LogP contribution in [-0.4, -0.2) is 22.6 Å². The van der Waals surface area contributed by atoms with Gasteiger partial charge in [-0.2, -0.15) is 0 Å². The van der Waals surface area contributed by atoms with Gasteiger partial charge in [0.2, 0.25) is 0 Å². The van der Waals surface area contributed by atoms with Crippen LogP contribution in [0.5, 0.6) is 0 Å². The summed E-state index contributed by atoms with van der Waals surface area (Å²) in [4.78, 5) is 0.